The van der Waals surface area contributed by atoms with Gasteiger partial charge in [-0.3, -0.25) is 0 Å². The van der Waals surface area contributed by atoms with Crippen molar-refractivity contribution in [3.05, 3.63) is 76.2 Å². The molecule has 5 N–H and O–H groups in total. The molecule has 12 nitrogen and oxygen atoms in total. The van der Waals surface area contributed by atoms with Gasteiger partial charge in [0.05, 0.1) is 25.3 Å². The minimum atomic E-state index is -1.74. The molecule has 0 radical (unpaired) electrons. The Balaban J connectivity index is 1.67. The third-order valence-corrected chi connectivity index (χ3v) is 6.14. The quantitative estimate of drug-likeness (QED) is 0.199. The molecule has 1 saturated heterocycles. The van der Waals surface area contributed by atoms with Crippen molar-refractivity contribution >= 4 is 12.0 Å². The number of phenols is 2. The topological polar surface area (TPSA) is 185 Å². The van der Waals surface area contributed by atoms with Gasteiger partial charge in [0.1, 0.15) is 47.1 Å². The second-order valence-corrected chi connectivity index (χ2v) is 8.97. The first-order valence-electron chi connectivity index (χ1n) is 12.1. The molecule has 1 aliphatic heterocycles. The molecule has 212 valence electrons. The van der Waals surface area contributed by atoms with E-state index in [4.69, 9.17) is 23.4 Å². The molecule has 40 heavy (non-hydrogen) atoms. The highest BCUT2D eigenvalue weighted by atomic mass is 16.7. The van der Waals surface area contributed by atoms with E-state index in [1.807, 2.05) is 0 Å². The van der Waals surface area contributed by atoms with E-state index in [1.165, 1.54) is 43.5 Å². The predicted molar refractivity (Wildman–Crippen MR) is 139 cm³/mol. The molecule has 1 fully saturated rings. The summed E-state index contributed by atoms with van der Waals surface area (Å²) in [6, 6.07) is 11.1. The lowest BCUT2D eigenvalue weighted by atomic mass is 9.98. The van der Waals surface area contributed by atoms with E-state index in [9.17, 15) is 35.1 Å². The highest BCUT2D eigenvalue weighted by molar-refractivity contribution is 5.87. The Morgan fingerprint density at radius 1 is 1.02 bits per heavy atom. The monoisotopic (exact) mass is 556 g/mol. The fourth-order valence-electron chi connectivity index (χ4n) is 4.17. The lowest BCUT2D eigenvalue weighted by Crippen LogP contribution is -2.61. The van der Waals surface area contributed by atoms with Crippen molar-refractivity contribution in [2.75, 3.05) is 13.7 Å². The van der Waals surface area contributed by atoms with Crippen LogP contribution in [0.2, 0.25) is 0 Å². The number of benzene rings is 2. The van der Waals surface area contributed by atoms with Gasteiger partial charge in [-0.05, 0) is 42.3 Å². The van der Waals surface area contributed by atoms with Crippen molar-refractivity contribution in [3.63, 3.8) is 0 Å². The number of esters is 1. The predicted octanol–water partition coefficient (Wildman–Crippen LogP) is 1.48. The zero-order valence-corrected chi connectivity index (χ0v) is 21.5. The van der Waals surface area contributed by atoms with Crippen LogP contribution in [0.4, 0.5) is 0 Å². The first-order chi connectivity index (χ1) is 19.1. The number of aromatic hydroxyl groups is 2. The van der Waals surface area contributed by atoms with E-state index in [-0.39, 0.29) is 34.3 Å². The van der Waals surface area contributed by atoms with E-state index in [1.54, 1.807) is 19.1 Å². The van der Waals surface area contributed by atoms with E-state index in [0.717, 1.165) is 12.1 Å². The van der Waals surface area contributed by atoms with Crippen LogP contribution in [0.15, 0.2) is 63.8 Å². The number of rotatable bonds is 8. The van der Waals surface area contributed by atoms with Gasteiger partial charge in [-0.2, -0.15) is 0 Å². The highest BCUT2D eigenvalue weighted by Gasteiger charge is 2.48. The second kappa shape index (κ2) is 12.2. The molecule has 2 heterocycles. The van der Waals surface area contributed by atoms with Gasteiger partial charge in [0.25, 0.3) is 0 Å². The van der Waals surface area contributed by atoms with E-state index in [2.05, 4.69) is 0 Å². The maximum atomic E-state index is 12.6. The Kier molecular flexibility index (Phi) is 8.75. The van der Waals surface area contributed by atoms with Crippen molar-refractivity contribution in [3.8, 4) is 34.3 Å². The molecule has 1 aliphatic rings. The second-order valence-electron chi connectivity index (χ2n) is 8.97. The van der Waals surface area contributed by atoms with Gasteiger partial charge in [-0.25, -0.2) is 9.59 Å². The van der Waals surface area contributed by atoms with E-state index >= 15 is 0 Å². The van der Waals surface area contributed by atoms with Gasteiger partial charge < -0.3 is 48.9 Å². The van der Waals surface area contributed by atoms with Crippen LogP contribution in [0.3, 0.4) is 0 Å². The molecule has 0 bridgehead atoms. The zero-order valence-electron chi connectivity index (χ0n) is 21.5. The molecule has 4 rings (SSSR count). The van der Waals surface area contributed by atoms with Crippen molar-refractivity contribution in [2.45, 2.75) is 37.6 Å². The van der Waals surface area contributed by atoms with Crippen LogP contribution in [0.1, 0.15) is 11.1 Å². The summed E-state index contributed by atoms with van der Waals surface area (Å²) in [6.07, 6.45) is -5.39. The van der Waals surface area contributed by atoms with E-state index < -0.39 is 48.9 Å². The zero-order chi connectivity index (χ0) is 29.0. The van der Waals surface area contributed by atoms with Crippen LogP contribution in [0.25, 0.3) is 17.4 Å². The lowest BCUT2D eigenvalue weighted by Gasteiger charge is -2.41. The number of carbonyl (C=O) groups is 1. The van der Waals surface area contributed by atoms with Crippen LogP contribution in [0, 0.1) is 6.92 Å². The SMILES string of the molecule is COc1cc(-c2c(C)cc(O)cc2O[C@@H]2O[C@@H](CO)[C@H](O)[C@@H](O)[C@@H]2OC(=O)C=Cc2ccc(O)cc2)oc(=O)c1. The normalized spacial score (nSPS) is 22.7. The van der Waals surface area contributed by atoms with Crippen LogP contribution in [-0.4, -0.2) is 75.9 Å². The van der Waals surface area contributed by atoms with Crippen molar-refractivity contribution in [1.29, 1.82) is 0 Å². The third kappa shape index (κ3) is 6.43. The van der Waals surface area contributed by atoms with Crippen molar-refractivity contribution < 1.29 is 53.7 Å². The van der Waals surface area contributed by atoms with Crippen LogP contribution in [0.5, 0.6) is 23.0 Å². The number of methoxy groups -OCH3 is 1. The number of aliphatic hydroxyl groups is 3. The molecule has 0 amide bonds. The molecule has 0 aliphatic carbocycles. The molecule has 0 unspecified atom stereocenters. The Hall–Kier alpha value is -4.36. The first-order valence-corrected chi connectivity index (χ1v) is 12.1. The van der Waals surface area contributed by atoms with Crippen LogP contribution < -0.4 is 15.1 Å². The summed E-state index contributed by atoms with van der Waals surface area (Å²) in [7, 11) is 1.37. The maximum Gasteiger partial charge on any atom is 0.339 e. The third-order valence-electron chi connectivity index (χ3n) is 6.14. The number of ether oxygens (including phenoxy) is 4. The molecule has 0 saturated carbocycles. The number of carbonyl (C=O) groups excluding carboxylic acids is 1. The smallest absolute Gasteiger partial charge is 0.339 e. The molecule has 12 heteroatoms. The summed E-state index contributed by atoms with van der Waals surface area (Å²) in [4.78, 5) is 24.8. The lowest BCUT2D eigenvalue weighted by molar-refractivity contribution is -0.281. The highest BCUT2D eigenvalue weighted by Crippen LogP contribution is 2.39. The summed E-state index contributed by atoms with van der Waals surface area (Å²) >= 11 is 0. The fourth-order valence-corrected chi connectivity index (χ4v) is 4.17. The van der Waals surface area contributed by atoms with Gasteiger partial charge in [-0.1, -0.05) is 12.1 Å². The van der Waals surface area contributed by atoms with E-state index in [0.29, 0.717) is 11.1 Å². The molecular weight excluding hydrogens is 528 g/mol. The minimum absolute atomic E-state index is 0.0253. The number of hydrogen-bond acceptors (Lipinski definition) is 12. The first kappa shape index (κ1) is 28.6. The number of aryl methyl sites for hydroxylation is 1. The van der Waals surface area contributed by atoms with Crippen molar-refractivity contribution in [2.24, 2.45) is 0 Å². The van der Waals surface area contributed by atoms with Crippen molar-refractivity contribution in [1.82, 2.24) is 0 Å². The Morgan fingerprint density at radius 3 is 2.42 bits per heavy atom. The Morgan fingerprint density at radius 2 is 1.75 bits per heavy atom. The van der Waals surface area contributed by atoms with Gasteiger partial charge in [0.2, 0.25) is 6.29 Å². The molecular formula is C28H28O12. The Labute approximate surface area is 227 Å². The number of hydrogen-bond donors (Lipinski definition) is 5. The summed E-state index contributed by atoms with van der Waals surface area (Å²) in [6.45, 7) is 0.917. The van der Waals surface area contributed by atoms with Gasteiger partial charge >= 0.3 is 11.6 Å². The summed E-state index contributed by atoms with van der Waals surface area (Å²) in [5.41, 5.74) is 0.499. The Bertz CT molecular complexity index is 1430. The molecule has 5 atom stereocenters. The summed E-state index contributed by atoms with van der Waals surface area (Å²) in [5.74, 6) is -0.955. The summed E-state index contributed by atoms with van der Waals surface area (Å²) in [5, 5.41) is 50.6. The molecule has 0 spiro atoms. The molecule has 1 aromatic heterocycles. The van der Waals surface area contributed by atoms with Gasteiger partial charge in [0.15, 0.2) is 6.10 Å². The van der Waals surface area contributed by atoms with Crippen LogP contribution in [-0.2, 0) is 14.3 Å². The van der Waals surface area contributed by atoms with Crippen LogP contribution >= 0.6 is 0 Å². The van der Waals surface area contributed by atoms with Gasteiger partial charge in [-0.15, -0.1) is 0 Å². The number of aliphatic hydroxyl groups excluding tert-OH is 3. The van der Waals surface area contributed by atoms with Gasteiger partial charge in [0, 0.05) is 18.2 Å². The largest absolute Gasteiger partial charge is 0.508 e. The average Bonchev–Trinajstić information content (AvgIpc) is 2.91. The fraction of sp³-hybridized carbons (Fsp3) is 0.286. The molecule has 2 aromatic carbocycles. The maximum absolute atomic E-state index is 12.6. The summed E-state index contributed by atoms with van der Waals surface area (Å²) < 4.78 is 27.5. The standard InChI is InChI=1S/C28H28O12/c1-14-9-17(31)10-19(24(14)20-11-18(36-2)12-23(33)37-20)38-28-27(26(35)25(34)21(13-29)39-28)40-22(32)8-5-15-3-6-16(30)7-4-15/h3-12,21,25-31,34-35H,13H2,1-2H3/t21-,25-,26+,27-,28+/m0/s1. The molecule has 3 aromatic rings. The average molecular weight is 557 g/mol. The minimum Gasteiger partial charge on any atom is -0.508 e. The number of phenolic OH excluding ortho intramolecular Hbond substituents is 2.